The van der Waals surface area contributed by atoms with Crippen molar-refractivity contribution in [2.45, 2.75) is 13.0 Å². The largest absolute Gasteiger partial charge is 0.481 e. The monoisotopic (exact) mass is 265 g/mol. The SMILES string of the molecule is O=C(O)Cc1cccc2ccn(Cc3ccccc3)c12. The topological polar surface area (TPSA) is 42.2 Å². The highest BCUT2D eigenvalue weighted by Gasteiger charge is 2.09. The predicted octanol–water partition coefficient (Wildman–Crippen LogP) is 3.32. The van der Waals surface area contributed by atoms with Crippen molar-refractivity contribution in [2.75, 3.05) is 0 Å². The number of carboxylic acids is 1. The van der Waals surface area contributed by atoms with Crippen molar-refractivity contribution in [3.63, 3.8) is 0 Å². The Morgan fingerprint density at radius 2 is 1.80 bits per heavy atom. The lowest BCUT2D eigenvalue weighted by molar-refractivity contribution is -0.136. The van der Waals surface area contributed by atoms with Gasteiger partial charge in [-0.3, -0.25) is 4.79 Å². The molecule has 0 saturated carbocycles. The Kier molecular flexibility index (Phi) is 3.25. The maximum atomic E-state index is 11.0. The van der Waals surface area contributed by atoms with Crippen LogP contribution in [0.3, 0.4) is 0 Å². The van der Waals surface area contributed by atoms with Crippen molar-refractivity contribution in [2.24, 2.45) is 0 Å². The molecule has 2 aromatic carbocycles. The number of hydrogen-bond acceptors (Lipinski definition) is 1. The van der Waals surface area contributed by atoms with E-state index in [-0.39, 0.29) is 6.42 Å². The number of hydrogen-bond donors (Lipinski definition) is 1. The second kappa shape index (κ2) is 5.21. The minimum Gasteiger partial charge on any atom is -0.481 e. The van der Waals surface area contributed by atoms with Crippen molar-refractivity contribution in [3.8, 4) is 0 Å². The molecule has 1 N–H and O–H groups in total. The lowest BCUT2D eigenvalue weighted by atomic mass is 10.1. The number of benzene rings is 2. The molecule has 0 unspecified atom stereocenters. The van der Waals surface area contributed by atoms with Crippen molar-refractivity contribution < 1.29 is 9.90 Å². The van der Waals surface area contributed by atoms with Crippen LogP contribution in [0.5, 0.6) is 0 Å². The molecular weight excluding hydrogens is 250 g/mol. The number of rotatable bonds is 4. The second-order valence-corrected chi connectivity index (χ2v) is 4.85. The minimum absolute atomic E-state index is 0.0517. The van der Waals surface area contributed by atoms with Gasteiger partial charge in [0.1, 0.15) is 0 Å². The number of fused-ring (bicyclic) bond motifs is 1. The van der Waals surface area contributed by atoms with Gasteiger partial charge in [-0.15, -0.1) is 0 Å². The first-order valence-electron chi connectivity index (χ1n) is 6.56. The van der Waals surface area contributed by atoms with Gasteiger partial charge in [0, 0.05) is 12.7 Å². The highest BCUT2D eigenvalue weighted by atomic mass is 16.4. The maximum Gasteiger partial charge on any atom is 0.307 e. The number of nitrogens with zero attached hydrogens (tertiary/aromatic N) is 1. The summed E-state index contributed by atoms with van der Waals surface area (Å²) in [5.41, 5.74) is 3.07. The minimum atomic E-state index is -0.801. The summed E-state index contributed by atoms with van der Waals surface area (Å²) >= 11 is 0. The molecule has 0 bridgehead atoms. The Morgan fingerprint density at radius 1 is 1.00 bits per heavy atom. The van der Waals surface area contributed by atoms with E-state index in [1.807, 2.05) is 48.7 Å². The lowest BCUT2D eigenvalue weighted by Crippen LogP contribution is -2.04. The summed E-state index contributed by atoms with van der Waals surface area (Å²) in [6.45, 7) is 0.751. The standard InChI is InChI=1S/C17H15NO2/c19-16(20)11-15-8-4-7-14-9-10-18(17(14)15)12-13-5-2-1-3-6-13/h1-10H,11-12H2,(H,19,20). The molecule has 0 spiro atoms. The molecule has 3 nitrogen and oxygen atoms in total. The van der Waals surface area contributed by atoms with Crippen LogP contribution in [0.15, 0.2) is 60.8 Å². The Bertz CT molecular complexity index is 744. The molecule has 3 heteroatoms. The smallest absolute Gasteiger partial charge is 0.307 e. The van der Waals surface area contributed by atoms with E-state index >= 15 is 0 Å². The van der Waals surface area contributed by atoms with Gasteiger partial charge in [-0.1, -0.05) is 48.5 Å². The fourth-order valence-corrected chi connectivity index (χ4v) is 2.56. The molecule has 3 aromatic rings. The maximum absolute atomic E-state index is 11.0. The molecule has 0 fully saturated rings. The third-order valence-electron chi connectivity index (χ3n) is 3.41. The van der Waals surface area contributed by atoms with Crippen LogP contribution in [0.4, 0.5) is 0 Å². The molecule has 100 valence electrons. The zero-order valence-corrected chi connectivity index (χ0v) is 11.0. The van der Waals surface area contributed by atoms with Crippen LogP contribution in [0.25, 0.3) is 10.9 Å². The van der Waals surface area contributed by atoms with Crippen LogP contribution in [0, 0.1) is 0 Å². The highest BCUT2D eigenvalue weighted by molar-refractivity contribution is 5.86. The van der Waals surface area contributed by atoms with E-state index in [4.69, 9.17) is 5.11 Å². The summed E-state index contributed by atoms with van der Waals surface area (Å²) in [6.07, 6.45) is 2.07. The zero-order chi connectivity index (χ0) is 13.9. The first-order valence-corrected chi connectivity index (χ1v) is 6.56. The molecule has 0 amide bonds. The molecule has 0 radical (unpaired) electrons. The Balaban J connectivity index is 2.05. The van der Waals surface area contributed by atoms with E-state index in [0.29, 0.717) is 0 Å². The van der Waals surface area contributed by atoms with Crippen molar-refractivity contribution in [1.29, 1.82) is 0 Å². The van der Waals surface area contributed by atoms with Gasteiger partial charge in [-0.05, 0) is 22.6 Å². The Hall–Kier alpha value is -2.55. The summed E-state index contributed by atoms with van der Waals surface area (Å²) in [5.74, 6) is -0.801. The van der Waals surface area contributed by atoms with E-state index < -0.39 is 5.97 Å². The fraction of sp³-hybridized carbons (Fsp3) is 0.118. The molecule has 0 aliphatic rings. The van der Waals surface area contributed by atoms with E-state index in [2.05, 4.69) is 16.7 Å². The van der Waals surface area contributed by atoms with Crippen LogP contribution < -0.4 is 0 Å². The number of aliphatic carboxylic acids is 1. The molecule has 0 aliphatic carbocycles. The van der Waals surface area contributed by atoms with Crippen LogP contribution in [0.1, 0.15) is 11.1 Å². The molecule has 0 atom stereocenters. The quantitative estimate of drug-likeness (QED) is 0.786. The average molecular weight is 265 g/mol. The van der Waals surface area contributed by atoms with E-state index in [1.165, 1.54) is 5.56 Å². The molecular formula is C17H15NO2. The molecule has 20 heavy (non-hydrogen) atoms. The van der Waals surface area contributed by atoms with Gasteiger partial charge in [-0.2, -0.15) is 0 Å². The average Bonchev–Trinajstić information content (AvgIpc) is 2.84. The summed E-state index contributed by atoms with van der Waals surface area (Å²) in [5, 5.41) is 10.1. The van der Waals surface area contributed by atoms with E-state index in [0.717, 1.165) is 23.0 Å². The first-order chi connectivity index (χ1) is 9.74. The van der Waals surface area contributed by atoms with Gasteiger partial charge in [0.15, 0.2) is 0 Å². The molecule has 3 rings (SSSR count). The van der Waals surface area contributed by atoms with Gasteiger partial charge in [0.05, 0.1) is 11.9 Å². The van der Waals surface area contributed by atoms with Crippen LogP contribution in [-0.2, 0) is 17.8 Å². The third kappa shape index (κ3) is 2.43. The van der Waals surface area contributed by atoms with Crippen molar-refractivity contribution in [3.05, 3.63) is 71.9 Å². The van der Waals surface area contributed by atoms with Crippen molar-refractivity contribution >= 4 is 16.9 Å². The van der Waals surface area contributed by atoms with Crippen LogP contribution in [-0.4, -0.2) is 15.6 Å². The third-order valence-corrected chi connectivity index (χ3v) is 3.41. The van der Waals surface area contributed by atoms with Crippen LogP contribution in [0.2, 0.25) is 0 Å². The molecule has 1 aromatic heterocycles. The number of carbonyl (C=O) groups is 1. The molecule has 1 heterocycles. The number of carboxylic acid groups (broad SMARTS) is 1. The van der Waals surface area contributed by atoms with Crippen LogP contribution >= 0.6 is 0 Å². The van der Waals surface area contributed by atoms with E-state index in [9.17, 15) is 4.79 Å². The van der Waals surface area contributed by atoms with Gasteiger partial charge in [0.25, 0.3) is 0 Å². The molecule has 0 aliphatic heterocycles. The van der Waals surface area contributed by atoms with Gasteiger partial charge >= 0.3 is 5.97 Å². The second-order valence-electron chi connectivity index (χ2n) is 4.85. The summed E-state index contributed by atoms with van der Waals surface area (Å²) in [7, 11) is 0. The first kappa shape index (κ1) is 12.5. The fourth-order valence-electron chi connectivity index (χ4n) is 2.56. The summed E-state index contributed by atoms with van der Waals surface area (Å²) in [4.78, 5) is 11.0. The summed E-state index contributed by atoms with van der Waals surface area (Å²) in [6, 6.07) is 18.0. The number of aromatic nitrogens is 1. The Labute approximate surface area is 117 Å². The van der Waals surface area contributed by atoms with Gasteiger partial charge in [0.2, 0.25) is 0 Å². The Morgan fingerprint density at radius 3 is 2.55 bits per heavy atom. The van der Waals surface area contributed by atoms with E-state index in [1.54, 1.807) is 0 Å². The highest BCUT2D eigenvalue weighted by Crippen LogP contribution is 2.22. The normalized spacial score (nSPS) is 10.8. The van der Waals surface area contributed by atoms with Crippen molar-refractivity contribution in [1.82, 2.24) is 4.57 Å². The lowest BCUT2D eigenvalue weighted by Gasteiger charge is -2.09. The number of para-hydroxylation sites is 1. The van der Waals surface area contributed by atoms with Gasteiger partial charge < -0.3 is 9.67 Å². The zero-order valence-electron chi connectivity index (χ0n) is 11.0. The molecule has 0 saturated heterocycles. The summed E-state index contributed by atoms with van der Waals surface area (Å²) < 4.78 is 2.11. The predicted molar refractivity (Wildman–Crippen MR) is 78.8 cm³/mol. The van der Waals surface area contributed by atoms with Gasteiger partial charge in [-0.25, -0.2) is 0 Å².